The van der Waals surface area contributed by atoms with Gasteiger partial charge in [-0.2, -0.15) is 0 Å². The molecule has 0 radical (unpaired) electrons. The monoisotopic (exact) mass is 290 g/mol. The summed E-state index contributed by atoms with van der Waals surface area (Å²) < 4.78 is 25.8. The van der Waals surface area contributed by atoms with E-state index in [9.17, 15) is 8.78 Å². The molecule has 1 rings (SSSR count). The molecule has 0 aromatic carbocycles. The Morgan fingerprint density at radius 1 is 1.17 bits per heavy atom. The highest BCUT2D eigenvalue weighted by Gasteiger charge is 2.15. The lowest BCUT2D eigenvalue weighted by atomic mass is 10.3. The first-order valence-electron chi connectivity index (χ1n) is 4.09. The van der Waals surface area contributed by atoms with E-state index in [1.165, 1.54) is 0 Å². The van der Waals surface area contributed by atoms with Crippen LogP contribution in [0.1, 0.15) is 6.42 Å². The number of rotatable bonds is 3. The molecule has 1 heterocycles. The lowest BCUT2D eigenvalue weighted by Crippen LogP contribution is -2.42. The van der Waals surface area contributed by atoms with Gasteiger partial charge in [0.15, 0.2) is 0 Å². The summed E-state index contributed by atoms with van der Waals surface area (Å²) >= 11 is 2.27. The second-order valence-electron chi connectivity index (χ2n) is 2.93. The summed E-state index contributed by atoms with van der Waals surface area (Å²) in [7, 11) is 0. The molecule has 12 heavy (non-hydrogen) atoms. The summed E-state index contributed by atoms with van der Waals surface area (Å²) in [6, 6.07) is 0. The van der Waals surface area contributed by atoms with Crippen molar-refractivity contribution in [3.05, 3.63) is 0 Å². The zero-order valence-electron chi connectivity index (χ0n) is 6.85. The molecule has 0 spiro atoms. The standard InChI is InChI=1S/C7H13F2IN2/c8-7(9)1-2-11-3-5-12(10)6-4-11/h7H,1-6H2. The highest BCUT2D eigenvalue weighted by atomic mass is 127. The van der Waals surface area contributed by atoms with Gasteiger partial charge in [0.2, 0.25) is 6.43 Å². The van der Waals surface area contributed by atoms with E-state index in [0.29, 0.717) is 6.54 Å². The van der Waals surface area contributed by atoms with Crippen LogP contribution in [0.5, 0.6) is 0 Å². The topological polar surface area (TPSA) is 6.48 Å². The van der Waals surface area contributed by atoms with Gasteiger partial charge in [0.1, 0.15) is 0 Å². The fourth-order valence-corrected chi connectivity index (χ4v) is 1.66. The van der Waals surface area contributed by atoms with Crippen LogP contribution in [-0.4, -0.2) is 47.2 Å². The number of hydrogen-bond donors (Lipinski definition) is 0. The summed E-state index contributed by atoms with van der Waals surface area (Å²) in [5.41, 5.74) is 0. The van der Waals surface area contributed by atoms with E-state index in [4.69, 9.17) is 0 Å². The SMILES string of the molecule is FC(F)CCN1CCN(I)CC1. The number of halogens is 3. The van der Waals surface area contributed by atoms with Gasteiger partial charge in [0.25, 0.3) is 0 Å². The minimum atomic E-state index is -2.15. The predicted octanol–water partition coefficient (Wildman–Crippen LogP) is 1.61. The van der Waals surface area contributed by atoms with Crippen LogP contribution in [0, 0.1) is 0 Å². The maximum atomic E-state index is 11.8. The molecule has 5 heteroatoms. The molecular weight excluding hydrogens is 277 g/mol. The summed E-state index contributed by atoms with van der Waals surface area (Å²) in [5.74, 6) is 0. The number of alkyl halides is 2. The molecule has 1 aliphatic rings. The highest BCUT2D eigenvalue weighted by molar-refractivity contribution is 14.1. The van der Waals surface area contributed by atoms with E-state index in [1.807, 2.05) is 0 Å². The largest absolute Gasteiger partial charge is 0.301 e. The van der Waals surface area contributed by atoms with Crippen molar-refractivity contribution in [3.63, 3.8) is 0 Å². The third kappa shape index (κ3) is 3.95. The zero-order chi connectivity index (χ0) is 8.97. The van der Waals surface area contributed by atoms with Gasteiger partial charge < -0.3 is 4.90 Å². The molecule has 0 aromatic rings. The molecule has 0 aromatic heterocycles. The molecule has 72 valence electrons. The number of hydrogen-bond acceptors (Lipinski definition) is 2. The van der Waals surface area contributed by atoms with Gasteiger partial charge >= 0.3 is 0 Å². The minimum Gasteiger partial charge on any atom is -0.301 e. The Bertz CT molecular complexity index is 127. The maximum absolute atomic E-state index is 11.8. The van der Waals surface area contributed by atoms with Crippen LogP contribution >= 0.6 is 22.9 Å². The zero-order valence-corrected chi connectivity index (χ0v) is 9.01. The molecule has 2 nitrogen and oxygen atoms in total. The quantitative estimate of drug-likeness (QED) is 0.575. The second kappa shape index (κ2) is 5.29. The summed E-state index contributed by atoms with van der Waals surface area (Å²) in [5, 5.41) is 0. The second-order valence-corrected chi connectivity index (χ2v) is 4.30. The van der Waals surface area contributed by atoms with Gasteiger partial charge in [-0.15, -0.1) is 0 Å². The molecule has 0 amide bonds. The van der Waals surface area contributed by atoms with Crippen molar-refractivity contribution in [1.82, 2.24) is 8.01 Å². The molecule has 0 saturated carbocycles. The molecule has 0 atom stereocenters. The van der Waals surface area contributed by atoms with Crippen molar-refractivity contribution in [2.24, 2.45) is 0 Å². The number of nitrogens with zero attached hydrogens (tertiary/aromatic N) is 2. The Balaban J connectivity index is 2.09. The third-order valence-electron chi connectivity index (χ3n) is 1.98. The molecule has 1 aliphatic heterocycles. The molecular formula is C7H13F2IN2. The van der Waals surface area contributed by atoms with Gasteiger partial charge in [-0.25, -0.2) is 11.9 Å². The highest BCUT2D eigenvalue weighted by Crippen LogP contribution is 2.08. The van der Waals surface area contributed by atoms with Gasteiger partial charge in [-0.3, -0.25) is 0 Å². The van der Waals surface area contributed by atoms with Gasteiger partial charge in [-0.1, -0.05) is 0 Å². The Morgan fingerprint density at radius 3 is 2.25 bits per heavy atom. The maximum Gasteiger partial charge on any atom is 0.239 e. The van der Waals surface area contributed by atoms with Crippen LogP contribution in [0.15, 0.2) is 0 Å². The lowest BCUT2D eigenvalue weighted by Gasteiger charge is -2.30. The molecule has 0 bridgehead atoms. The first-order valence-corrected chi connectivity index (χ1v) is 5.06. The van der Waals surface area contributed by atoms with Crippen LogP contribution in [0.2, 0.25) is 0 Å². The summed E-state index contributed by atoms with van der Waals surface area (Å²) in [6.07, 6.45) is -2.14. The van der Waals surface area contributed by atoms with Crippen LogP contribution in [0.25, 0.3) is 0 Å². The molecule has 1 fully saturated rings. The average molecular weight is 290 g/mol. The molecule has 0 aliphatic carbocycles. The number of piperazine rings is 1. The molecule has 0 unspecified atom stereocenters. The van der Waals surface area contributed by atoms with E-state index in [2.05, 4.69) is 30.9 Å². The third-order valence-corrected chi connectivity index (χ3v) is 2.95. The van der Waals surface area contributed by atoms with Crippen LogP contribution in [0.4, 0.5) is 8.78 Å². The Hall–Kier alpha value is 0.510. The summed E-state index contributed by atoms with van der Waals surface area (Å²) in [6.45, 7) is 4.38. The van der Waals surface area contributed by atoms with E-state index in [0.717, 1.165) is 26.2 Å². The van der Waals surface area contributed by atoms with Crippen molar-refractivity contribution < 1.29 is 8.78 Å². The minimum absolute atomic E-state index is 0.0151. The van der Waals surface area contributed by atoms with E-state index < -0.39 is 6.43 Å². The average Bonchev–Trinajstić information content (AvgIpc) is 2.03. The van der Waals surface area contributed by atoms with Crippen molar-refractivity contribution in [1.29, 1.82) is 0 Å². The Labute approximate surface area is 85.4 Å². The van der Waals surface area contributed by atoms with Crippen molar-refractivity contribution >= 4 is 22.9 Å². The Morgan fingerprint density at radius 2 is 1.75 bits per heavy atom. The smallest absolute Gasteiger partial charge is 0.239 e. The van der Waals surface area contributed by atoms with Crippen LogP contribution in [0.3, 0.4) is 0 Å². The Kier molecular flexibility index (Phi) is 4.66. The first-order chi connectivity index (χ1) is 5.68. The van der Waals surface area contributed by atoms with E-state index in [-0.39, 0.29) is 6.42 Å². The van der Waals surface area contributed by atoms with E-state index >= 15 is 0 Å². The fraction of sp³-hybridized carbons (Fsp3) is 1.00. The predicted molar refractivity (Wildman–Crippen MR) is 52.7 cm³/mol. The normalized spacial score (nSPS) is 22.0. The lowest BCUT2D eigenvalue weighted by molar-refractivity contribution is 0.107. The van der Waals surface area contributed by atoms with Gasteiger partial charge in [0, 0.05) is 62.0 Å². The van der Waals surface area contributed by atoms with E-state index in [1.54, 1.807) is 0 Å². The van der Waals surface area contributed by atoms with Gasteiger partial charge in [0.05, 0.1) is 0 Å². The van der Waals surface area contributed by atoms with Crippen LogP contribution < -0.4 is 0 Å². The summed E-state index contributed by atoms with van der Waals surface area (Å²) in [4.78, 5) is 2.10. The van der Waals surface area contributed by atoms with Crippen molar-refractivity contribution in [2.75, 3.05) is 32.7 Å². The fourth-order valence-electron chi connectivity index (χ4n) is 1.23. The van der Waals surface area contributed by atoms with Crippen molar-refractivity contribution in [3.8, 4) is 0 Å². The van der Waals surface area contributed by atoms with Crippen molar-refractivity contribution in [2.45, 2.75) is 12.8 Å². The molecule has 0 N–H and O–H groups in total. The van der Waals surface area contributed by atoms with Gasteiger partial charge in [-0.05, 0) is 0 Å². The first kappa shape index (κ1) is 10.6. The molecule has 1 saturated heterocycles. The van der Waals surface area contributed by atoms with Crippen LogP contribution in [-0.2, 0) is 0 Å².